The quantitative estimate of drug-likeness (QED) is 0.319. The molecule has 2 saturated heterocycles. The van der Waals surface area contributed by atoms with E-state index < -0.39 is 36.5 Å². The van der Waals surface area contributed by atoms with E-state index in [1.165, 1.54) is 29.5 Å². The van der Waals surface area contributed by atoms with Gasteiger partial charge < -0.3 is 14.8 Å². The number of esters is 1. The Kier molecular flexibility index (Phi) is 9.16. The maximum atomic E-state index is 15.0. The van der Waals surface area contributed by atoms with Gasteiger partial charge in [0.15, 0.2) is 0 Å². The fourth-order valence-corrected chi connectivity index (χ4v) is 6.44. The number of alkyl halides is 2. The van der Waals surface area contributed by atoms with Crippen molar-refractivity contribution in [2.45, 2.75) is 37.9 Å². The van der Waals surface area contributed by atoms with Crippen molar-refractivity contribution in [3.63, 3.8) is 0 Å². The number of ether oxygens (including phenoxy) is 2. The largest absolute Gasteiger partial charge is 0.463 e. The molecule has 4 heterocycles. The molecular formula is C28H32ClF3N4O3S. The van der Waals surface area contributed by atoms with Gasteiger partial charge in [-0.3, -0.25) is 10.2 Å². The van der Waals surface area contributed by atoms with Crippen LogP contribution in [0.4, 0.5) is 13.2 Å². The van der Waals surface area contributed by atoms with Gasteiger partial charge in [0.25, 0.3) is 5.92 Å². The van der Waals surface area contributed by atoms with E-state index in [0.29, 0.717) is 36.0 Å². The van der Waals surface area contributed by atoms with E-state index in [1.807, 2.05) is 17.5 Å². The Morgan fingerprint density at radius 3 is 2.88 bits per heavy atom. The van der Waals surface area contributed by atoms with E-state index in [-0.39, 0.29) is 42.0 Å². The van der Waals surface area contributed by atoms with Crippen LogP contribution in [-0.2, 0) is 14.3 Å². The highest BCUT2D eigenvalue weighted by molar-refractivity contribution is 7.09. The zero-order chi connectivity index (χ0) is 28.3. The summed E-state index contributed by atoms with van der Waals surface area (Å²) in [6.07, 6.45) is 5.65. The molecule has 5 rings (SSSR count). The molecule has 3 unspecified atom stereocenters. The summed E-state index contributed by atoms with van der Waals surface area (Å²) in [6, 6.07) is 3.17. The molecule has 2 aromatic rings. The highest BCUT2D eigenvalue weighted by atomic mass is 35.5. The van der Waals surface area contributed by atoms with Crippen LogP contribution in [0.5, 0.6) is 0 Å². The first kappa shape index (κ1) is 29.1. The Morgan fingerprint density at radius 2 is 2.17 bits per heavy atom. The van der Waals surface area contributed by atoms with Gasteiger partial charge in [0.05, 0.1) is 31.4 Å². The predicted octanol–water partition coefficient (Wildman–Crippen LogP) is 5.24. The van der Waals surface area contributed by atoms with Gasteiger partial charge in [-0.15, -0.1) is 11.3 Å². The Morgan fingerprint density at radius 1 is 1.35 bits per heavy atom. The van der Waals surface area contributed by atoms with Gasteiger partial charge in [0.1, 0.15) is 17.0 Å². The number of carbonyl (C=O) groups excluding carboxylic acids is 1. The molecule has 4 atom stereocenters. The molecule has 0 aliphatic carbocycles. The van der Waals surface area contributed by atoms with E-state index in [9.17, 15) is 18.0 Å². The fraction of sp³-hybridized carbons (Fsp3) is 0.500. The third-order valence-electron chi connectivity index (χ3n) is 7.24. The topological polar surface area (TPSA) is 75.7 Å². The smallest absolute Gasteiger partial charge is 0.337 e. The van der Waals surface area contributed by atoms with Crippen LogP contribution in [0.3, 0.4) is 0 Å². The van der Waals surface area contributed by atoms with Crippen LogP contribution in [-0.4, -0.2) is 61.2 Å². The van der Waals surface area contributed by atoms with E-state index in [2.05, 4.69) is 15.6 Å². The minimum atomic E-state index is -2.90. The second-order valence-electron chi connectivity index (χ2n) is 10.3. The molecule has 0 radical (unpaired) electrons. The monoisotopic (exact) mass is 596 g/mol. The molecule has 2 N–H and O–H groups in total. The van der Waals surface area contributed by atoms with E-state index in [0.717, 1.165) is 6.42 Å². The molecule has 0 bridgehead atoms. The minimum Gasteiger partial charge on any atom is -0.463 e. The van der Waals surface area contributed by atoms with Gasteiger partial charge >= 0.3 is 5.97 Å². The number of rotatable bonds is 8. The number of nitrogens with one attached hydrogen (secondary N) is 2. The molecule has 3 aliphatic heterocycles. The Hall–Kier alpha value is -2.44. The van der Waals surface area contributed by atoms with Gasteiger partial charge in [-0.2, -0.15) is 0 Å². The SMILES string of the molecule is CCOC(=O)C1=C(CN2C[C@@H](/C=C/C3CCOC3)CC(F)(F)C2)NC(c2nccs2)NC1c1ccc(F)cc1Cl. The first-order valence-electron chi connectivity index (χ1n) is 13.4. The zero-order valence-corrected chi connectivity index (χ0v) is 23.6. The molecule has 12 heteroatoms. The molecule has 3 aliphatic rings. The average molecular weight is 597 g/mol. The minimum absolute atomic E-state index is 0.0550. The van der Waals surface area contributed by atoms with E-state index in [1.54, 1.807) is 18.0 Å². The number of carbonyl (C=O) groups is 1. The maximum Gasteiger partial charge on any atom is 0.337 e. The summed E-state index contributed by atoms with van der Waals surface area (Å²) in [6.45, 7) is 3.13. The van der Waals surface area contributed by atoms with Crippen molar-refractivity contribution in [3.05, 3.63) is 74.6 Å². The number of likely N-dealkylation sites (tertiary alicyclic amines) is 1. The van der Waals surface area contributed by atoms with Crippen molar-refractivity contribution in [1.82, 2.24) is 20.5 Å². The number of nitrogens with zero attached hydrogens (tertiary/aromatic N) is 2. The summed E-state index contributed by atoms with van der Waals surface area (Å²) in [7, 11) is 0. The maximum absolute atomic E-state index is 15.0. The second-order valence-corrected chi connectivity index (χ2v) is 11.7. The highest BCUT2D eigenvalue weighted by Gasteiger charge is 2.42. The summed E-state index contributed by atoms with van der Waals surface area (Å²) in [5.41, 5.74) is 1.12. The van der Waals surface area contributed by atoms with Crippen molar-refractivity contribution in [1.29, 1.82) is 0 Å². The van der Waals surface area contributed by atoms with Crippen LogP contribution in [0, 0.1) is 17.7 Å². The summed E-state index contributed by atoms with van der Waals surface area (Å²) in [5, 5.41) is 9.30. The molecule has 0 spiro atoms. The van der Waals surface area contributed by atoms with Crippen LogP contribution in [0.2, 0.25) is 5.02 Å². The molecule has 40 heavy (non-hydrogen) atoms. The third kappa shape index (κ3) is 6.88. The van der Waals surface area contributed by atoms with Crippen LogP contribution in [0.25, 0.3) is 0 Å². The lowest BCUT2D eigenvalue weighted by molar-refractivity contribution is -0.139. The highest BCUT2D eigenvalue weighted by Crippen LogP contribution is 2.38. The molecule has 1 aromatic heterocycles. The standard InChI is InChI=1S/C28H32ClF3N4O3S/c1-2-39-27(37)23-22(14-36-13-18(12-28(31,32)16-36)4-3-17-7-9-38-15-17)34-25(26-33-8-10-40-26)35-24(23)20-6-5-19(30)11-21(20)29/h3-6,8,10-11,17-18,24-25,34-35H,2,7,9,12-16H2,1H3/b4-3+/t17?,18-,24?,25?/m0/s1. The number of thiazole rings is 1. The molecule has 0 amide bonds. The van der Waals surface area contributed by atoms with Crippen molar-refractivity contribution >= 4 is 28.9 Å². The molecule has 1 aromatic carbocycles. The molecule has 216 valence electrons. The van der Waals surface area contributed by atoms with Gasteiger partial charge in [0, 0.05) is 54.3 Å². The van der Waals surface area contributed by atoms with Crippen LogP contribution >= 0.6 is 22.9 Å². The first-order chi connectivity index (χ1) is 19.2. The van der Waals surface area contributed by atoms with Crippen LogP contribution < -0.4 is 10.6 Å². The lowest BCUT2D eigenvalue weighted by atomic mass is 9.91. The third-order valence-corrected chi connectivity index (χ3v) is 8.41. The second kappa shape index (κ2) is 12.6. The predicted molar refractivity (Wildman–Crippen MR) is 146 cm³/mol. The van der Waals surface area contributed by atoms with Gasteiger partial charge in [-0.1, -0.05) is 29.8 Å². The summed E-state index contributed by atoms with van der Waals surface area (Å²) in [4.78, 5) is 19.4. The van der Waals surface area contributed by atoms with Gasteiger partial charge in [-0.25, -0.2) is 22.9 Å². The number of aromatic nitrogens is 1. The van der Waals surface area contributed by atoms with Crippen molar-refractivity contribution < 1.29 is 27.4 Å². The first-order valence-corrected chi connectivity index (χ1v) is 14.6. The average Bonchev–Trinajstić information content (AvgIpc) is 3.61. The Bertz CT molecular complexity index is 1250. The summed E-state index contributed by atoms with van der Waals surface area (Å²) < 4.78 is 54.7. The van der Waals surface area contributed by atoms with Crippen LogP contribution in [0.15, 0.2) is 53.2 Å². The number of hydrogen-bond donors (Lipinski definition) is 2. The molecule has 2 fully saturated rings. The number of halogens is 4. The van der Waals surface area contributed by atoms with E-state index >= 15 is 0 Å². The normalized spacial score (nSPS) is 27.2. The molecular weight excluding hydrogens is 565 g/mol. The van der Waals surface area contributed by atoms with Crippen molar-refractivity contribution in [3.8, 4) is 0 Å². The van der Waals surface area contributed by atoms with Gasteiger partial charge in [0.2, 0.25) is 0 Å². The number of benzene rings is 1. The number of hydrogen-bond acceptors (Lipinski definition) is 8. The Labute approximate surface area is 240 Å². The number of piperidine rings is 1. The lowest BCUT2D eigenvalue weighted by Gasteiger charge is -2.40. The van der Waals surface area contributed by atoms with Crippen molar-refractivity contribution in [2.24, 2.45) is 11.8 Å². The van der Waals surface area contributed by atoms with E-state index in [4.69, 9.17) is 21.1 Å². The van der Waals surface area contributed by atoms with Crippen LogP contribution in [0.1, 0.15) is 42.5 Å². The van der Waals surface area contributed by atoms with Gasteiger partial charge in [-0.05, 0) is 37.0 Å². The molecule has 0 saturated carbocycles. The summed E-state index contributed by atoms with van der Waals surface area (Å²) in [5.74, 6) is -4.13. The van der Waals surface area contributed by atoms with Crippen molar-refractivity contribution in [2.75, 3.05) is 39.5 Å². The molecule has 7 nitrogen and oxygen atoms in total. The lowest BCUT2D eigenvalue weighted by Crippen LogP contribution is -2.51. The Balaban J connectivity index is 1.50. The zero-order valence-electron chi connectivity index (χ0n) is 22.0. The summed E-state index contributed by atoms with van der Waals surface area (Å²) >= 11 is 7.85. The fourth-order valence-electron chi connectivity index (χ4n) is 5.52.